The van der Waals surface area contributed by atoms with E-state index in [1.54, 1.807) is 32.0 Å². The van der Waals surface area contributed by atoms with Crippen LogP contribution in [-0.4, -0.2) is 13.7 Å². The Bertz CT molecular complexity index is 415. The molecule has 1 N–H and O–H groups in total. The molecule has 0 unspecified atom stereocenters. The average Bonchev–Trinajstić information content (AvgIpc) is 2.08. The van der Waals surface area contributed by atoms with E-state index in [0.29, 0.717) is 5.69 Å². The number of sulfonamides is 1. The Hall–Kier alpha value is -0.550. The van der Waals surface area contributed by atoms with E-state index in [1.165, 1.54) is 0 Å². The summed E-state index contributed by atoms with van der Waals surface area (Å²) >= 11 is 3.27. The van der Waals surface area contributed by atoms with Crippen LogP contribution in [0.25, 0.3) is 0 Å². The molecule has 0 fully saturated rings. The molecule has 0 aliphatic carbocycles. The number of para-hydroxylation sites is 1. The summed E-state index contributed by atoms with van der Waals surface area (Å²) in [5, 5.41) is -0.436. The van der Waals surface area contributed by atoms with E-state index in [1.807, 2.05) is 6.07 Å². The SMILES string of the molecule is CC(C)S(=O)(=O)Nc1ccccc1Br. The van der Waals surface area contributed by atoms with Crippen molar-refractivity contribution in [2.75, 3.05) is 4.72 Å². The molecule has 1 aromatic carbocycles. The summed E-state index contributed by atoms with van der Waals surface area (Å²) in [5.74, 6) is 0. The Labute approximate surface area is 92.7 Å². The lowest BCUT2D eigenvalue weighted by Gasteiger charge is -2.11. The molecule has 1 aromatic rings. The van der Waals surface area contributed by atoms with Gasteiger partial charge >= 0.3 is 0 Å². The number of hydrogen-bond donors (Lipinski definition) is 1. The van der Waals surface area contributed by atoms with Crippen LogP contribution >= 0.6 is 15.9 Å². The zero-order valence-corrected chi connectivity index (χ0v) is 10.4. The van der Waals surface area contributed by atoms with Gasteiger partial charge in [-0.2, -0.15) is 0 Å². The molecule has 0 saturated carbocycles. The number of nitrogens with one attached hydrogen (secondary N) is 1. The van der Waals surface area contributed by atoms with E-state index in [0.717, 1.165) is 4.47 Å². The van der Waals surface area contributed by atoms with Crippen molar-refractivity contribution in [3.05, 3.63) is 28.7 Å². The molecule has 0 bridgehead atoms. The van der Waals surface area contributed by atoms with Gasteiger partial charge in [-0.1, -0.05) is 12.1 Å². The molecule has 14 heavy (non-hydrogen) atoms. The van der Waals surface area contributed by atoms with Gasteiger partial charge in [0.2, 0.25) is 10.0 Å². The van der Waals surface area contributed by atoms with Crippen LogP contribution in [0.4, 0.5) is 5.69 Å². The zero-order chi connectivity index (χ0) is 10.8. The smallest absolute Gasteiger partial charge is 0.235 e. The Morgan fingerprint density at radius 2 is 1.86 bits per heavy atom. The molecule has 0 aliphatic heterocycles. The molecule has 0 amide bonds. The van der Waals surface area contributed by atoms with Crippen LogP contribution in [-0.2, 0) is 10.0 Å². The van der Waals surface area contributed by atoms with Gasteiger partial charge in [-0.3, -0.25) is 4.72 Å². The summed E-state index contributed by atoms with van der Waals surface area (Å²) in [7, 11) is -3.25. The standard InChI is InChI=1S/C9H12BrNO2S/c1-7(2)14(12,13)11-9-6-4-3-5-8(9)10/h3-7,11H,1-2H3. The van der Waals surface area contributed by atoms with E-state index in [9.17, 15) is 8.42 Å². The second-order valence-corrected chi connectivity index (χ2v) is 6.27. The predicted octanol–water partition coefficient (Wildman–Crippen LogP) is 2.60. The molecule has 78 valence electrons. The summed E-state index contributed by atoms with van der Waals surface area (Å²) in [6, 6.07) is 7.11. The topological polar surface area (TPSA) is 46.2 Å². The summed E-state index contributed by atoms with van der Waals surface area (Å²) in [6.07, 6.45) is 0. The van der Waals surface area contributed by atoms with Crippen molar-refractivity contribution in [1.82, 2.24) is 0 Å². The maximum atomic E-state index is 11.5. The van der Waals surface area contributed by atoms with Gasteiger partial charge in [0.1, 0.15) is 0 Å². The minimum Gasteiger partial charge on any atom is -0.282 e. The molecule has 1 rings (SSSR count). The maximum absolute atomic E-state index is 11.5. The van der Waals surface area contributed by atoms with Crippen molar-refractivity contribution in [2.45, 2.75) is 19.1 Å². The number of hydrogen-bond acceptors (Lipinski definition) is 2. The highest BCUT2D eigenvalue weighted by Gasteiger charge is 2.16. The van der Waals surface area contributed by atoms with Crippen molar-refractivity contribution in [2.24, 2.45) is 0 Å². The lowest BCUT2D eigenvalue weighted by atomic mass is 10.3. The molecule has 0 atom stereocenters. The Morgan fingerprint density at radius 3 is 2.36 bits per heavy atom. The van der Waals surface area contributed by atoms with Crippen LogP contribution in [0.15, 0.2) is 28.7 Å². The lowest BCUT2D eigenvalue weighted by Crippen LogP contribution is -2.22. The van der Waals surface area contributed by atoms with Crippen LogP contribution in [0.2, 0.25) is 0 Å². The summed E-state index contributed by atoms with van der Waals surface area (Å²) in [6.45, 7) is 3.28. The molecule has 0 heterocycles. The molecule has 0 aromatic heterocycles. The van der Waals surface area contributed by atoms with E-state index in [2.05, 4.69) is 20.7 Å². The highest BCUT2D eigenvalue weighted by Crippen LogP contribution is 2.22. The third-order valence-corrected chi connectivity index (χ3v) is 4.18. The van der Waals surface area contributed by atoms with Crippen molar-refractivity contribution in [1.29, 1.82) is 0 Å². The van der Waals surface area contributed by atoms with E-state index < -0.39 is 15.3 Å². The first-order valence-corrected chi connectivity index (χ1v) is 6.53. The Balaban J connectivity index is 2.96. The van der Waals surface area contributed by atoms with Gasteiger partial charge in [0.05, 0.1) is 10.9 Å². The quantitative estimate of drug-likeness (QED) is 0.923. The van der Waals surface area contributed by atoms with Crippen LogP contribution in [0, 0.1) is 0 Å². The van der Waals surface area contributed by atoms with Gasteiger partial charge in [0.15, 0.2) is 0 Å². The van der Waals surface area contributed by atoms with Crippen molar-refractivity contribution in [3.63, 3.8) is 0 Å². The average molecular weight is 278 g/mol. The molecule has 0 spiro atoms. The van der Waals surface area contributed by atoms with Crippen LogP contribution in [0.5, 0.6) is 0 Å². The minimum atomic E-state index is -3.25. The number of benzene rings is 1. The largest absolute Gasteiger partial charge is 0.282 e. The maximum Gasteiger partial charge on any atom is 0.235 e. The number of halogens is 1. The fourth-order valence-electron chi connectivity index (χ4n) is 0.815. The third-order valence-electron chi connectivity index (χ3n) is 1.75. The fraction of sp³-hybridized carbons (Fsp3) is 0.333. The van der Waals surface area contributed by atoms with Gasteiger partial charge in [-0.05, 0) is 41.9 Å². The number of anilines is 1. The Kier molecular flexibility index (Phi) is 3.55. The second kappa shape index (κ2) is 4.31. The Morgan fingerprint density at radius 1 is 1.29 bits per heavy atom. The van der Waals surface area contributed by atoms with Gasteiger partial charge < -0.3 is 0 Å². The highest BCUT2D eigenvalue weighted by atomic mass is 79.9. The second-order valence-electron chi connectivity index (χ2n) is 3.18. The van der Waals surface area contributed by atoms with Crippen LogP contribution in [0.3, 0.4) is 0 Å². The van der Waals surface area contributed by atoms with Crippen molar-refractivity contribution < 1.29 is 8.42 Å². The van der Waals surface area contributed by atoms with Gasteiger partial charge in [0, 0.05) is 4.47 Å². The fourth-order valence-corrected chi connectivity index (χ4v) is 2.05. The van der Waals surface area contributed by atoms with Crippen LogP contribution < -0.4 is 4.72 Å². The normalized spacial score (nSPS) is 11.7. The monoisotopic (exact) mass is 277 g/mol. The van der Waals surface area contributed by atoms with Crippen LogP contribution in [0.1, 0.15) is 13.8 Å². The summed E-state index contributed by atoms with van der Waals surface area (Å²) in [5.41, 5.74) is 0.571. The van der Waals surface area contributed by atoms with Gasteiger partial charge in [-0.25, -0.2) is 8.42 Å². The molecular formula is C9H12BrNO2S. The lowest BCUT2D eigenvalue weighted by molar-refractivity contribution is 0.593. The molecule has 0 saturated heterocycles. The summed E-state index contributed by atoms with van der Waals surface area (Å²) in [4.78, 5) is 0. The van der Waals surface area contributed by atoms with Crippen molar-refractivity contribution >= 4 is 31.6 Å². The first-order valence-electron chi connectivity index (χ1n) is 4.19. The van der Waals surface area contributed by atoms with Crippen molar-refractivity contribution in [3.8, 4) is 0 Å². The molecule has 3 nitrogen and oxygen atoms in total. The molecule has 5 heteroatoms. The highest BCUT2D eigenvalue weighted by molar-refractivity contribution is 9.10. The first kappa shape index (κ1) is 11.5. The molecule has 0 radical (unpaired) electrons. The third kappa shape index (κ3) is 2.72. The zero-order valence-electron chi connectivity index (χ0n) is 7.99. The van der Waals surface area contributed by atoms with Gasteiger partial charge in [0.25, 0.3) is 0 Å². The summed E-state index contributed by atoms with van der Waals surface area (Å²) < 4.78 is 26.3. The predicted molar refractivity (Wildman–Crippen MR) is 61.8 cm³/mol. The molecule has 0 aliphatic rings. The van der Waals surface area contributed by atoms with E-state index in [-0.39, 0.29) is 0 Å². The van der Waals surface area contributed by atoms with Gasteiger partial charge in [-0.15, -0.1) is 0 Å². The van der Waals surface area contributed by atoms with E-state index in [4.69, 9.17) is 0 Å². The first-order chi connectivity index (χ1) is 6.43. The number of rotatable bonds is 3. The molecular weight excluding hydrogens is 266 g/mol. The van der Waals surface area contributed by atoms with E-state index >= 15 is 0 Å². The minimum absolute atomic E-state index is 0.436.